The summed E-state index contributed by atoms with van der Waals surface area (Å²) >= 11 is 0. The minimum absolute atomic E-state index is 0.00376. The fraction of sp³-hybridized carbons (Fsp3) is 0.586. The first-order chi connectivity index (χ1) is 16.3. The SMILES string of the molecule is CNCc1cc(C)cc(CNCC(C)(C)CNCc2cc(C)cc(CNCC(C)(C)C)c2O)c1O. The summed E-state index contributed by atoms with van der Waals surface area (Å²) in [7, 11) is 1.89. The van der Waals surface area contributed by atoms with E-state index >= 15 is 0 Å². The molecule has 2 aromatic rings. The molecule has 0 aliphatic carbocycles. The van der Waals surface area contributed by atoms with Crippen LogP contribution in [0.1, 0.15) is 68.0 Å². The van der Waals surface area contributed by atoms with E-state index in [0.717, 1.165) is 53.0 Å². The molecule has 0 aromatic heterocycles. The van der Waals surface area contributed by atoms with Crippen molar-refractivity contribution in [2.24, 2.45) is 10.8 Å². The van der Waals surface area contributed by atoms with Crippen LogP contribution in [-0.2, 0) is 26.2 Å². The second-order valence-electron chi connectivity index (χ2n) is 11.9. The number of aromatic hydroxyl groups is 2. The van der Waals surface area contributed by atoms with Gasteiger partial charge in [0.1, 0.15) is 11.5 Å². The summed E-state index contributed by atoms with van der Waals surface area (Å²) in [6.45, 7) is 20.2. The highest BCUT2D eigenvalue weighted by Crippen LogP contribution is 2.26. The van der Waals surface area contributed by atoms with Gasteiger partial charge in [-0.3, -0.25) is 0 Å². The van der Waals surface area contributed by atoms with Crippen LogP contribution >= 0.6 is 0 Å². The molecule has 0 unspecified atom stereocenters. The van der Waals surface area contributed by atoms with Crippen LogP contribution < -0.4 is 21.3 Å². The maximum atomic E-state index is 10.8. The van der Waals surface area contributed by atoms with Crippen LogP contribution in [0.3, 0.4) is 0 Å². The summed E-state index contributed by atoms with van der Waals surface area (Å²) in [4.78, 5) is 0. The molecule has 6 N–H and O–H groups in total. The quantitative estimate of drug-likeness (QED) is 0.251. The number of nitrogens with one attached hydrogen (secondary N) is 4. The van der Waals surface area contributed by atoms with Crippen LogP contribution in [0.15, 0.2) is 24.3 Å². The predicted molar refractivity (Wildman–Crippen MR) is 147 cm³/mol. The summed E-state index contributed by atoms with van der Waals surface area (Å²) in [5.74, 6) is 0.754. The molecule has 196 valence electrons. The van der Waals surface area contributed by atoms with Crippen molar-refractivity contribution in [3.05, 3.63) is 57.6 Å². The van der Waals surface area contributed by atoms with Gasteiger partial charge in [-0.25, -0.2) is 0 Å². The third-order valence-corrected chi connectivity index (χ3v) is 6.00. The number of benzene rings is 2. The topological polar surface area (TPSA) is 88.6 Å². The normalized spacial score (nSPS) is 12.3. The van der Waals surface area contributed by atoms with Crippen molar-refractivity contribution >= 4 is 0 Å². The highest BCUT2D eigenvalue weighted by molar-refractivity contribution is 5.44. The van der Waals surface area contributed by atoms with Gasteiger partial charge in [-0.2, -0.15) is 0 Å². The smallest absolute Gasteiger partial charge is 0.124 e. The maximum absolute atomic E-state index is 10.8. The summed E-state index contributed by atoms with van der Waals surface area (Å²) in [6, 6.07) is 8.19. The molecular weight excluding hydrogens is 436 g/mol. The lowest BCUT2D eigenvalue weighted by molar-refractivity contribution is 0.317. The second-order valence-corrected chi connectivity index (χ2v) is 11.9. The first kappa shape index (κ1) is 29.1. The number of phenols is 2. The van der Waals surface area contributed by atoms with E-state index in [0.29, 0.717) is 37.7 Å². The third-order valence-electron chi connectivity index (χ3n) is 6.00. The molecule has 0 heterocycles. The number of hydrogen-bond acceptors (Lipinski definition) is 6. The van der Waals surface area contributed by atoms with E-state index in [1.165, 1.54) is 0 Å². The highest BCUT2D eigenvalue weighted by atomic mass is 16.3. The lowest BCUT2D eigenvalue weighted by atomic mass is 9.93. The zero-order chi connectivity index (χ0) is 26.2. The van der Waals surface area contributed by atoms with Crippen molar-refractivity contribution < 1.29 is 10.2 Å². The summed E-state index contributed by atoms with van der Waals surface area (Å²) < 4.78 is 0. The van der Waals surface area contributed by atoms with Gasteiger partial charge in [0.25, 0.3) is 0 Å². The van der Waals surface area contributed by atoms with Gasteiger partial charge in [-0.1, -0.05) is 70.0 Å². The molecule has 0 amide bonds. The summed E-state index contributed by atoms with van der Waals surface area (Å²) in [6.07, 6.45) is 0. The number of phenolic OH excluding ortho intramolecular Hbond substituents is 2. The van der Waals surface area contributed by atoms with Crippen molar-refractivity contribution in [2.75, 3.05) is 26.7 Å². The van der Waals surface area contributed by atoms with Crippen molar-refractivity contribution in [3.8, 4) is 11.5 Å². The largest absolute Gasteiger partial charge is 0.507 e. The van der Waals surface area contributed by atoms with Crippen LogP contribution in [0.2, 0.25) is 0 Å². The Morgan fingerprint density at radius 3 is 1.29 bits per heavy atom. The number of aryl methyl sites for hydroxylation is 2. The minimum Gasteiger partial charge on any atom is -0.507 e. The molecule has 0 fully saturated rings. The average molecular weight is 485 g/mol. The van der Waals surface area contributed by atoms with Gasteiger partial charge in [0.2, 0.25) is 0 Å². The van der Waals surface area contributed by atoms with Crippen LogP contribution in [-0.4, -0.2) is 36.9 Å². The van der Waals surface area contributed by atoms with Crippen molar-refractivity contribution in [1.82, 2.24) is 21.3 Å². The average Bonchev–Trinajstić information content (AvgIpc) is 2.73. The standard InChI is InChI=1S/C29H48N4O2/c1-20-9-22(13-30-8)26(34)24(10-20)15-32-18-29(6,7)19-33-16-25-12-21(2)11-23(27(25)35)14-31-17-28(3,4)5/h9-12,30-35H,13-19H2,1-8H3. The van der Waals surface area contributed by atoms with Gasteiger partial charge in [-0.05, 0) is 31.7 Å². The Bertz CT molecular complexity index is 964. The lowest BCUT2D eigenvalue weighted by Crippen LogP contribution is -2.37. The van der Waals surface area contributed by atoms with E-state index in [1.54, 1.807) is 0 Å². The highest BCUT2D eigenvalue weighted by Gasteiger charge is 2.19. The molecular formula is C29H48N4O2. The van der Waals surface area contributed by atoms with Gasteiger partial charge >= 0.3 is 0 Å². The first-order valence-corrected chi connectivity index (χ1v) is 12.7. The zero-order valence-electron chi connectivity index (χ0n) is 23.2. The molecule has 35 heavy (non-hydrogen) atoms. The minimum atomic E-state index is 0.00376. The Balaban J connectivity index is 1.89. The van der Waals surface area contributed by atoms with Gasteiger partial charge in [-0.15, -0.1) is 0 Å². The maximum Gasteiger partial charge on any atom is 0.124 e. The fourth-order valence-electron chi connectivity index (χ4n) is 4.30. The third kappa shape index (κ3) is 9.80. The predicted octanol–water partition coefficient (Wildman–Crippen LogP) is 4.48. The van der Waals surface area contributed by atoms with E-state index in [4.69, 9.17) is 0 Å². The van der Waals surface area contributed by atoms with Crippen LogP contribution in [0.5, 0.6) is 11.5 Å². The van der Waals surface area contributed by atoms with Crippen LogP contribution in [0.25, 0.3) is 0 Å². The first-order valence-electron chi connectivity index (χ1n) is 12.7. The van der Waals surface area contributed by atoms with Crippen LogP contribution in [0, 0.1) is 24.7 Å². The van der Waals surface area contributed by atoms with Crippen molar-refractivity contribution in [2.45, 2.75) is 74.6 Å². The number of hydrogen-bond donors (Lipinski definition) is 6. The Kier molecular flexibility index (Phi) is 10.6. The van der Waals surface area contributed by atoms with E-state index in [1.807, 2.05) is 19.2 Å². The molecule has 0 aliphatic rings. The molecule has 2 rings (SSSR count). The molecule has 0 atom stereocenters. The number of rotatable bonds is 13. The molecule has 0 aliphatic heterocycles. The van der Waals surface area contributed by atoms with E-state index in [2.05, 4.69) is 81.9 Å². The Hall–Kier alpha value is -2.12. The second kappa shape index (κ2) is 12.7. The lowest BCUT2D eigenvalue weighted by Gasteiger charge is -2.26. The summed E-state index contributed by atoms with van der Waals surface area (Å²) in [5.41, 5.74) is 6.25. The van der Waals surface area contributed by atoms with E-state index in [-0.39, 0.29) is 10.8 Å². The van der Waals surface area contributed by atoms with Gasteiger partial charge in [0.05, 0.1) is 0 Å². The zero-order valence-corrected chi connectivity index (χ0v) is 23.2. The molecule has 0 saturated heterocycles. The fourth-order valence-corrected chi connectivity index (χ4v) is 4.30. The van der Waals surface area contributed by atoms with Crippen molar-refractivity contribution in [3.63, 3.8) is 0 Å². The molecule has 6 heteroatoms. The van der Waals surface area contributed by atoms with Gasteiger partial charge < -0.3 is 31.5 Å². The monoisotopic (exact) mass is 484 g/mol. The Morgan fingerprint density at radius 2 is 0.943 bits per heavy atom. The Labute approximate surface area is 212 Å². The van der Waals surface area contributed by atoms with Crippen molar-refractivity contribution in [1.29, 1.82) is 0 Å². The van der Waals surface area contributed by atoms with E-state index in [9.17, 15) is 10.2 Å². The molecule has 6 nitrogen and oxygen atoms in total. The molecule has 2 aromatic carbocycles. The Morgan fingerprint density at radius 1 is 0.600 bits per heavy atom. The molecule has 0 radical (unpaired) electrons. The van der Waals surface area contributed by atoms with Crippen LogP contribution in [0.4, 0.5) is 0 Å². The molecule has 0 saturated carbocycles. The van der Waals surface area contributed by atoms with E-state index < -0.39 is 0 Å². The summed E-state index contributed by atoms with van der Waals surface area (Å²) in [5, 5.41) is 35.0. The van der Waals surface area contributed by atoms with Gasteiger partial charge in [0.15, 0.2) is 0 Å². The van der Waals surface area contributed by atoms with Gasteiger partial charge in [0, 0.05) is 68.1 Å². The molecule has 0 bridgehead atoms. The molecule has 0 spiro atoms.